The number of halogens is 1. The first-order valence-corrected chi connectivity index (χ1v) is 10.7. The maximum absolute atomic E-state index is 12.6. The maximum atomic E-state index is 12.6. The van der Waals surface area contributed by atoms with Gasteiger partial charge in [-0.15, -0.1) is 0 Å². The number of carbonyl (C=O) groups is 2. The summed E-state index contributed by atoms with van der Waals surface area (Å²) in [5.74, 6) is 0.609. The Labute approximate surface area is 194 Å². The minimum atomic E-state index is -0.504. The summed E-state index contributed by atoms with van der Waals surface area (Å²) in [6.45, 7) is 0.152. The van der Waals surface area contributed by atoms with Crippen LogP contribution in [0.1, 0.15) is 15.9 Å². The molecule has 0 heterocycles. The summed E-state index contributed by atoms with van der Waals surface area (Å²) in [6.07, 6.45) is 0.706. The number of hydrogen-bond acceptors (Lipinski definition) is 5. The van der Waals surface area contributed by atoms with E-state index in [-0.39, 0.29) is 6.61 Å². The lowest BCUT2D eigenvalue weighted by atomic mass is 10.1. The smallest absolute Gasteiger partial charge is 0.276 e. The molecule has 0 saturated heterocycles. The molecule has 3 aromatic rings. The fraction of sp³-hybridized carbons (Fsp3) is 0.167. The average molecular weight is 499 g/mol. The van der Waals surface area contributed by atoms with Crippen LogP contribution in [0.2, 0.25) is 0 Å². The molecule has 2 amide bonds. The normalized spacial score (nSPS) is 10.2. The average Bonchev–Trinajstić information content (AvgIpc) is 2.83. The van der Waals surface area contributed by atoms with Gasteiger partial charge in [0.2, 0.25) is 0 Å². The monoisotopic (exact) mass is 498 g/mol. The summed E-state index contributed by atoms with van der Waals surface area (Å²) in [4.78, 5) is 24.7. The predicted molar refractivity (Wildman–Crippen MR) is 124 cm³/mol. The number of methoxy groups -OCH3 is 1. The molecule has 2 N–H and O–H groups in total. The number of amides is 2. The first kappa shape index (κ1) is 23.1. The number of ether oxygens (including phenoxy) is 3. The van der Waals surface area contributed by atoms with E-state index in [0.29, 0.717) is 40.3 Å². The van der Waals surface area contributed by atoms with Gasteiger partial charge in [0.15, 0.2) is 6.61 Å². The lowest BCUT2D eigenvalue weighted by Crippen LogP contribution is -2.44. The third-order valence-corrected chi connectivity index (χ3v) is 4.92. The minimum Gasteiger partial charge on any atom is -0.497 e. The summed E-state index contributed by atoms with van der Waals surface area (Å²) in [6, 6.07) is 21.9. The van der Waals surface area contributed by atoms with Crippen molar-refractivity contribution in [2.45, 2.75) is 6.42 Å². The summed E-state index contributed by atoms with van der Waals surface area (Å²) in [7, 11) is 1.57. The molecule has 0 atom stereocenters. The van der Waals surface area contributed by atoms with E-state index in [1.54, 1.807) is 49.6 Å². The number of nitrogens with one attached hydrogen (secondary N) is 2. The molecule has 166 valence electrons. The lowest BCUT2D eigenvalue weighted by Gasteiger charge is -2.13. The van der Waals surface area contributed by atoms with Crippen LogP contribution >= 0.6 is 15.9 Å². The molecular formula is C24H23BrN2O5. The van der Waals surface area contributed by atoms with E-state index in [9.17, 15) is 9.59 Å². The van der Waals surface area contributed by atoms with Gasteiger partial charge in [-0.3, -0.25) is 20.4 Å². The molecule has 0 aliphatic carbocycles. The third-order valence-electron chi connectivity index (χ3n) is 4.42. The maximum Gasteiger partial charge on any atom is 0.276 e. The number of hydrazine groups is 1. The largest absolute Gasteiger partial charge is 0.497 e. The van der Waals surface area contributed by atoms with Crippen molar-refractivity contribution < 1.29 is 23.8 Å². The highest BCUT2D eigenvalue weighted by atomic mass is 79.9. The van der Waals surface area contributed by atoms with Crippen molar-refractivity contribution in [3.05, 3.63) is 88.4 Å². The molecular weight excluding hydrogens is 476 g/mol. The van der Waals surface area contributed by atoms with Crippen LogP contribution in [-0.2, 0) is 11.2 Å². The van der Waals surface area contributed by atoms with Gasteiger partial charge >= 0.3 is 0 Å². The number of hydrogen-bond donors (Lipinski definition) is 2. The van der Waals surface area contributed by atoms with Crippen LogP contribution in [0.4, 0.5) is 0 Å². The summed E-state index contributed by atoms with van der Waals surface area (Å²) in [5.41, 5.74) is 6.17. The van der Waals surface area contributed by atoms with E-state index in [0.717, 1.165) is 5.56 Å². The van der Waals surface area contributed by atoms with Crippen LogP contribution in [0.5, 0.6) is 17.2 Å². The second-order valence-corrected chi connectivity index (χ2v) is 7.61. The highest BCUT2D eigenvalue weighted by molar-refractivity contribution is 9.10. The van der Waals surface area contributed by atoms with Crippen LogP contribution in [0.15, 0.2) is 77.3 Å². The molecule has 0 unspecified atom stereocenters. The first-order chi connectivity index (χ1) is 15.5. The molecule has 0 radical (unpaired) electrons. The van der Waals surface area contributed by atoms with Crippen molar-refractivity contribution in [3.63, 3.8) is 0 Å². The van der Waals surface area contributed by atoms with Crippen molar-refractivity contribution in [2.24, 2.45) is 0 Å². The van der Waals surface area contributed by atoms with Crippen molar-refractivity contribution >= 4 is 27.7 Å². The van der Waals surface area contributed by atoms with Gasteiger partial charge in [-0.25, -0.2) is 0 Å². The molecule has 0 fully saturated rings. The number of carbonyl (C=O) groups excluding carboxylic acids is 2. The Balaban J connectivity index is 1.50. The van der Waals surface area contributed by atoms with Crippen molar-refractivity contribution in [1.82, 2.24) is 10.9 Å². The van der Waals surface area contributed by atoms with E-state index in [4.69, 9.17) is 14.2 Å². The van der Waals surface area contributed by atoms with Crippen molar-refractivity contribution in [2.75, 3.05) is 20.3 Å². The van der Waals surface area contributed by atoms with Crippen LogP contribution in [0.3, 0.4) is 0 Å². The standard InChI is InChI=1S/C24H23BrN2O5/c1-30-19-8-10-20(11-9-19)32-16-23(28)26-27-24(29)21-15-18(25)7-12-22(21)31-14-13-17-5-3-2-4-6-17/h2-12,15H,13-14,16H2,1H3,(H,26,28)(H,27,29). The predicted octanol–water partition coefficient (Wildman–Crippen LogP) is 3.92. The highest BCUT2D eigenvalue weighted by Crippen LogP contribution is 2.23. The fourth-order valence-corrected chi connectivity index (χ4v) is 3.14. The molecule has 3 rings (SSSR count). The Morgan fingerprint density at radius 3 is 2.31 bits per heavy atom. The molecule has 0 saturated carbocycles. The van der Waals surface area contributed by atoms with E-state index < -0.39 is 11.8 Å². The van der Waals surface area contributed by atoms with Crippen molar-refractivity contribution in [3.8, 4) is 17.2 Å². The number of benzene rings is 3. The third kappa shape index (κ3) is 7.02. The van der Waals surface area contributed by atoms with Crippen molar-refractivity contribution in [1.29, 1.82) is 0 Å². The van der Waals surface area contributed by atoms with Gasteiger partial charge in [0.1, 0.15) is 17.2 Å². The van der Waals surface area contributed by atoms with Gasteiger partial charge in [0.25, 0.3) is 11.8 Å². The lowest BCUT2D eigenvalue weighted by molar-refractivity contribution is -0.123. The Morgan fingerprint density at radius 1 is 0.875 bits per heavy atom. The minimum absolute atomic E-state index is 0.258. The Hall–Kier alpha value is -3.52. The van der Waals surface area contributed by atoms with E-state index in [2.05, 4.69) is 26.8 Å². The second kappa shape index (κ2) is 11.8. The zero-order valence-electron chi connectivity index (χ0n) is 17.5. The molecule has 32 heavy (non-hydrogen) atoms. The highest BCUT2D eigenvalue weighted by Gasteiger charge is 2.15. The topological polar surface area (TPSA) is 85.9 Å². The summed E-state index contributed by atoms with van der Waals surface area (Å²) in [5, 5.41) is 0. The van der Waals surface area contributed by atoms with Crippen LogP contribution in [-0.4, -0.2) is 32.1 Å². The SMILES string of the molecule is COc1ccc(OCC(=O)NNC(=O)c2cc(Br)ccc2OCCc2ccccc2)cc1. The molecule has 7 nitrogen and oxygen atoms in total. The first-order valence-electron chi connectivity index (χ1n) is 9.87. The number of rotatable bonds is 9. The quantitative estimate of drug-likeness (QED) is 0.436. The van der Waals surface area contributed by atoms with E-state index in [1.807, 2.05) is 30.3 Å². The Morgan fingerprint density at radius 2 is 1.59 bits per heavy atom. The molecule has 0 aliphatic rings. The van der Waals surface area contributed by atoms with E-state index >= 15 is 0 Å². The van der Waals surface area contributed by atoms with Gasteiger partial charge in [-0.1, -0.05) is 46.3 Å². The molecule has 0 bridgehead atoms. The van der Waals surface area contributed by atoms with Gasteiger partial charge in [0, 0.05) is 10.9 Å². The summed E-state index contributed by atoms with van der Waals surface area (Å²) >= 11 is 3.36. The van der Waals surface area contributed by atoms with Gasteiger partial charge in [0.05, 0.1) is 19.3 Å². The molecule has 0 aliphatic heterocycles. The molecule has 0 aromatic heterocycles. The van der Waals surface area contributed by atoms with Gasteiger partial charge in [-0.05, 0) is 48.0 Å². The van der Waals surface area contributed by atoms with Gasteiger partial charge in [-0.2, -0.15) is 0 Å². The van der Waals surface area contributed by atoms with Crippen LogP contribution in [0, 0.1) is 0 Å². The second-order valence-electron chi connectivity index (χ2n) is 6.69. The zero-order chi connectivity index (χ0) is 22.8. The Bertz CT molecular complexity index is 1040. The van der Waals surface area contributed by atoms with Crippen LogP contribution in [0.25, 0.3) is 0 Å². The molecule has 8 heteroatoms. The van der Waals surface area contributed by atoms with Crippen LogP contribution < -0.4 is 25.1 Å². The summed E-state index contributed by atoms with van der Waals surface area (Å²) < 4.78 is 17.0. The Kier molecular flexibility index (Phi) is 8.51. The van der Waals surface area contributed by atoms with Gasteiger partial charge < -0.3 is 14.2 Å². The molecule has 3 aromatic carbocycles. The fourth-order valence-electron chi connectivity index (χ4n) is 2.78. The van der Waals surface area contributed by atoms with E-state index in [1.165, 1.54) is 0 Å². The zero-order valence-corrected chi connectivity index (χ0v) is 19.1. The molecule has 0 spiro atoms.